The van der Waals surface area contributed by atoms with Crippen LogP contribution in [0.3, 0.4) is 0 Å². The average Bonchev–Trinajstić information content (AvgIpc) is 2.11. The van der Waals surface area contributed by atoms with E-state index in [0.29, 0.717) is 13.0 Å². The topological polar surface area (TPSA) is 98.7 Å². The Morgan fingerprint density at radius 1 is 1.31 bits per heavy atom. The Labute approximate surface area is 78.1 Å². The van der Waals surface area contributed by atoms with Gasteiger partial charge in [-0.15, -0.1) is 0 Å². The molecule has 0 heterocycles. The van der Waals surface area contributed by atoms with Gasteiger partial charge in [0.15, 0.2) is 0 Å². The number of hydrogen-bond donors (Lipinski definition) is 4. The van der Waals surface area contributed by atoms with E-state index in [2.05, 4.69) is 9.44 Å². The number of nitrogens with one attached hydrogen (secondary N) is 2. The second-order valence-corrected chi connectivity index (χ2v) is 4.11. The molecule has 0 rings (SSSR count). The quantitative estimate of drug-likeness (QED) is 0.399. The van der Waals surface area contributed by atoms with Crippen molar-refractivity contribution < 1.29 is 18.6 Å². The first-order valence-electron chi connectivity index (χ1n) is 4.04. The molecule has 13 heavy (non-hydrogen) atoms. The summed E-state index contributed by atoms with van der Waals surface area (Å²) >= 11 is 0. The molecule has 6 nitrogen and oxygen atoms in total. The normalized spacial score (nSPS) is 12.3. The van der Waals surface area contributed by atoms with Crippen LogP contribution in [0.5, 0.6) is 0 Å². The molecule has 0 aromatic rings. The van der Waals surface area contributed by atoms with Gasteiger partial charge in [-0.2, -0.15) is 13.1 Å². The van der Waals surface area contributed by atoms with Gasteiger partial charge in [-0.1, -0.05) is 6.92 Å². The van der Waals surface area contributed by atoms with E-state index in [-0.39, 0.29) is 0 Å². The van der Waals surface area contributed by atoms with Crippen molar-refractivity contribution in [3.05, 3.63) is 0 Å². The molecule has 0 fully saturated rings. The van der Waals surface area contributed by atoms with E-state index in [9.17, 15) is 8.42 Å². The summed E-state index contributed by atoms with van der Waals surface area (Å²) in [5.41, 5.74) is 0. The van der Waals surface area contributed by atoms with Crippen molar-refractivity contribution in [3.63, 3.8) is 0 Å². The van der Waals surface area contributed by atoms with E-state index < -0.39 is 29.5 Å². The maximum absolute atomic E-state index is 11.1. The van der Waals surface area contributed by atoms with Crippen LogP contribution in [0.4, 0.5) is 0 Å². The minimum absolute atomic E-state index is 0.332. The minimum atomic E-state index is -3.59. The fourth-order valence-corrected chi connectivity index (χ4v) is 1.77. The lowest BCUT2D eigenvalue weighted by Crippen LogP contribution is -2.46. The first-order valence-corrected chi connectivity index (χ1v) is 5.52. The summed E-state index contributed by atoms with van der Waals surface area (Å²) in [5.74, 6) is 0. The van der Waals surface area contributed by atoms with E-state index in [1.165, 1.54) is 0 Å². The third-order valence-electron chi connectivity index (χ3n) is 1.30. The summed E-state index contributed by atoms with van der Waals surface area (Å²) < 4.78 is 26.5. The summed E-state index contributed by atoms with van der Waals surface area (Å²) in [4.78, 5) is 0. The fraction of sp³-hybridized carbons (Fsp3) is 1.00. The molecule has 0 radical (unpaired) electrons. The van der Waals surface area contributed by atoms with Gasteiger partial charge in [0.1, 0.15) is 0 Å². The van der Waals surface area contributed by atoms with Crippen LogP contribution in [0.2, 0.25) is 0 Å². The molecule has 0 aromatic carbocycles. The van der Waals surface area contributed by atoms with Crippen LogP contribution in [0, 0.1) is 0 Å². The van der Waals surface area contributed by atoms with Crippen LogP contribution >= 0.6 is 0 Å². The zero-order valence-electron chi connectivity index (χ0n) is 7.52. The largest absolute Gasteiger partial charge is 0.395 e. The summed E-state index contributed by atoms with van der Waals surface area (Å²) in [5, 5.41) is 17.2. The smallest absolute Gasteiger partial charge is 0.277 e. The van der Waals surface area contributed by atoms with Crippen LogP contribution in [0.1, 0.15) is 13.3 Å². The number of rotatable bonds is 7. The molecule has 0 unspecified atom stereocenters. The highest BCUT2D eigenvalue weighted by Gasteiger charge is 2.14. The average molecular weight is 212 g/mol. The molecule has 0 spiro atoms. The molecule has 0 atom stereocenters. The van der Waals surface area contributed by atoms with Crippen molar-refractivity contribution in [1.82, 2.24) is 9.44 Å². The lowest BCUT2D eigenvalue weighted by molar-refractivity contribution is 0.184. The summed E-state index contributed by atoms with van der Waals surface area (Å²) in [6, 6.07) is -0.839. The molecule has 7 heteroatoms. The van der Waals surface area contributed by atoms with Gasteiger partial charge < -0.3 is 10.2 Å². The first-order chi connectivity index (χ1) is 6.05. The van der Waals surface area contributed by atoms with Crippen LogP contribution in [0.25, 0.3) is 0 Å². The van der Waals surface area contributed by atoms with Crippen molar-refractivity contribution >= 4 is 10.2 Å². The third-order valence-corrected chi connectivity index (χ3v) is 2.53. The Hall–Kier alpha value is -0.210. The Kier molecular flexibility index (Phi) is 6.17. The van der Waals surface area contributed by atoms with Crippen molar-refractivity contribution in [1.29, 1.82) is 0 Å². The number of aliphatic hydroxyl groups excluding tert-OH is 2. The van der Waals surface area contributed by atoms with Gasteiger partial charge in [0.2, 0.25) is 0 Å². The Bertz CT molecular complexity index is 213. The zero-order valence-corrected chi connectivity index (χ0v) is 8.34. The standard InChI is InChI=1S/C6H16N2O4S/c1-2-3-7-13(11,12)8-6(4-9)5-10/h6-10H,2-5H2,1H3. The van der Waals surface area contributed by atoms with Gasteiger partial charge >= 0.3 is 0 Å². The van der Waals surface area contributed by atoms with Gasteiger partial charge in [0.05, 0.1) is 19.3 Å². The third kappa shape index (κ3) is 5.94. The maximum atomic E-state index is 11.1. The SMILES string of the molecule is CCCNS(=O)(=O)NC(CO)CO. The second-order valence-electron chi connectivity index (χ2n) is 2.58. The van der Waals surface area contributed by atoms with E-state index in [0.717, 1.165) is 0 Å². The van der Waals surface area contributed by atoms with Gasteiger partial charge in [-0.05, 0) is 6.42 Å². The molecule has 0 aliphatic rings. The highest BCUT2D eigenvalue weighted by Crippen LogP contribution is 1.85. The van der Waals surface area contributed by atoms with Crippen LogP contribution in [0.15, 0.2) is 0 Å². The highest BCUT2D eigenvalue weighted by molar-refractivity contribution is 7.87. The molecule has 0 aliphatic heterocycles. The van der Waals surface area contributed by atoms with Crippen molar-refractivity contribution in [3.8, 4) is 0 Å². The van der Waals surface area contributed by atoms with Crippen molar-refractivity contribution in [2.24, 2.45) is 0 Å². The van der Waals surface area contributed by atoms with Crippen LogP contribution in [-0.4, -0.2) is 44.4 Å². The second kappa shape index (κ2) is 6.28. The van der Waals surface area contributed by atoms with Gasteiger partial charge in [0, 0.05) is 6.54 Å². The predicted octanol–water partition coefficient (Wildman–Crippen LogP) is -1.83. The molecular weight excluding hydrogens is 196 g/mol. The predicted molar refractivity (Wildman–Crippen MR) is 48.3 cm³/mol. The minimum Gasteiger partial charge on any atom is -0.395 e. The molecule has 80 valence electrons. The maximum Gasteiger partial charge on any atom is 0.277 e. The Morgan fingerprint density at radius 2 is 1.85 bits per heavy atom. The van der Waals surface area contributed by atoms with Crippen LogP contribution < -0.4 is 9.44 Å². The van der Waals surface area contributed by atoms with E-state index in [4.69, 9.17) is 10.2 Å². The molecule has 0 bridgehead atoms. The van der Waals surface area contributed by atoms with E-state index >= 15 is 0 Å². The lowest BCUT2D eigenvalue weighted by atomic mass is 10.4. The molecule has 0 saturated carbocycles. The van der Waals surface area contributed by atoms with Crippen molar-refractivity contribution in [2.75, 3.05) is 19.8 Å². The Morgan fingerprint density at radius 3 is 2.23 bits per heavy atom. The molecular formula is C6H16N2O4S. The number of hydrogen-bond acceptors (Lipinski definition) is 4. The highest BCUT2D eigenvalue weighted by atomic mass is 32.2. The van der Waals surface area contributed by atoms with E-state index in [1.54, 1.807) is 0 Å². The summed E-state index contributed by atoms with van der Waals surface area (Å²) in [6.07, 6.45) is 0.684. The van der Waals surface area contributed by atoms with E-state index in [1.807, 2.05) is 6.92 Å². The fourth-order valence-electron chi connectivity index (χ4n) is 0.630. The zero-order chi connectivity index (χ0) is 10.3. The lowest BCUT2D eigenvalue weighted by Gasteiger charge is -2.13. The molecule has 0 aromatic heterocycles. The number of aliphatic hydroxyl groups is 2. The Balaban J connectivity index is 4.00. The first kappa shape index (κ1) is 12.8. The summed E-state index contributed by atoms with van der Waals surface area (Å²) in [7, 11) is -3.59. The monoisotopic (exact) mass is 212 g/mol. The van der Waals surface area contributed by atoms with Gasteiger partial charge in [-0.3, -0.25) is 0 Å². The summed E-state index contributed by atoms with van der Waals surface area (Å²) in [6.45, 7) is 1.31. The van der Waals surface area contributed by atoms with Gasteiger partial charge in [-0.25, -0.2) is 4.72 Å². The van der Waals surface area contributed by atoms with Gasteiger partial charge in [0.25, 0.3) is 10.2 Å². The van der Waals surface area contributed by atoms with Crippen molar-refractivity contribution in [2.45, 2.75) is 19.4 Å². The molecule has 0 saturated heterocycles. The molecule has 4 N–H and O–H groups in total. The van der Waals surface area contributed by atoms with Crippen LogP contribution in [-0.2, 0) is 10.2 Å². The molecule has 0 amide bonds. The molecule has 0 aliphatic carbocycles.